The van der Waals surface area contributed by atoms with Crippen molar-refractivity contribution in [2.24, 2.45) is 0 Å². The lowest BCUT2D eigenvalue weighted by molar-refractivity contribution is -0.191. The molecule has 43 heavy (non-hydrogen) atoms. The first kappa shape index (κ1) is 27.8. The van der Waals surface area contributed by atoms with E-state index in [4.69, 9.17) is 34.6 Å². The Morgan fingerprint density at radius 2 is 1.93 bits per heavy atom. The Bertz CT molecular complexity index is 1740. The fraction of sp³-hybridized carbons (Fsp3) is 0.276. The molecule has 4 aromatic rings. The quantitative estimate of drug-likeness (QED) is 0.289. The molecule has 222 valence electrons. The number of amides is 1. The van der Waals surface area contributed by atoms with Crippen LogP contribution in [0.2, 0.25) is 0 Å². The van der Waals surface area contributed by atoms with Gasteiger partial charge < -0.3 is 34.8 Å². The molecular formula is C29H29N7O7. The van der Waals surface area contributed by atoms with Crippen LogP contribution in [0.15, 0.2) is 49.3 Å². The summed E-state index contributed by atoms with van der Waals surface area (Å²) in [6.45, 7) is 4.41. The number of hydrogen-bond acceptors (Lipinski definition) is 12. The average molecular weight is 588 g/mol. The molecule has 2 aromatic heterocycles. The van der Waals surface area contributed by atoms with Crippen LogP contribution >= 0.6 is 0 Å². The van der Waals surface area contributed by atoms with E-state index in [2.05, 4.69) is 21.9 Å². The first-order chi connectivity index (χ1) is 20.9. The van der Waals surface area contributed by atoms with E-state index in [1.165, 1.54) is 20.5 Å². The number of piperidine rings is 1. The maximum Gasteiger partial charge on any atom is 0.349 e. The van der Waals surface area contributed by atoms with Gasteiger partial charge in [0.2, 0.25) is 6.79 Å². The number of fused-ring (bicyclic) bond motifs is 2. The van der Waals surface area contributed by atoms with Crippen molar-refractivity contribution >= 4 is 34.4 Å². The summed E-state index contributed by atoms with van der Waals surface area (Å²) in [4.78, 5) is 39.0. The van der Waals surface area contributed by atoms with E-state index >= 15 is 0 Å². The molecule has 14 heteroatoms. The van der Waals surface area contributed by atoms with Crippen molar-refractivity contribution in [3.05, 3.63) is 54.9 Å². The van der Waals surface area contributed by atoms with Crippen LogP contribution < -0.4 is 30.0 Å². The molecule has 0 unspecified atom stereocenters. The molecule has 4 heterocycles. The SMILES string of the molecule is C=CC(=O)ON1CCC[C@@H](n2nc(-c3ccc(NC(=O)c4ccc(OC)c(OC)c4)c4c3OCO4)c3c(N)ncnc32)C1. The minimum absolute atomic E-state index is 0.0531. The summed E-state index contributed by atoms with van der Waals surface area (Å²) < 4.78 is 24.0. The van der Waals surface area contributed by atoms with Gasteiger partial charge in [0.25, 0.3) is 5.91 Å². The molecule has 1 fully saturated rings. The number of rotatable bonds is 8. The van der Waals surface area contributed by atoms with Crippen LogP contribution in [-0.4, -0.2) is 70.8 Å². The average Bonchev–Trinajstić information content (AvgIpc) is 3.68. The number of hydrogen-bond donors (Lipinski definition) is 2. The number of nitrogen functional groups attached to an aromatic ring is 1. The van der Waals surface area contributed by atoms with Gasteiger partial charge in [-0.05, 0) is 43.2 Å². The Kier molecular flexibility index (Phi) is 7.42. The van der Waals surface area contributed by atoms with E-state index in [1.807, 2.05) is 0 Å². The zero-order chi connectivity index (χ0) is 30.1. The highest BCUT2D eigenvalue weighted by Crippen LogP contribution is 2.48. The third-order valence-electron chi connectivity index (χ3n) is 7.28. The van der Waals surface area contributed by atoms with Crippen molar-refractivity contribution < 1.29 is 33.4 Å². The third kappa shape index (κ3) is 5.12. The summed E-state index contributed by atoms with van der Waals surface area (Å²) in [5.74, 6) is 1.03. The van der Waals surface area contributed by atoms with Gasteiger partial charge in [0.15, 0.2) is 28.6 Å². The smallest absolute Gasteiger partial charge is 0.349 e. The summed E-state index contributed by atoms with van der Waals surface area (Å²) in [6, 6.07) is 8.20. The zero-order valence-electron chi connectivity index (χ0n) is 23.5. The van der Waals surface area contributed by atoms with Crippen molar-refractivity contribution in [3.63, 3.8) is 0 Å². The second kappa shape index (κ2) is 11.5. The molecule has 2 aromatic carbocycles. The standard InChI is InChI=1S/C29H29N7O7/c1-4-22(37)43-35-11-5-6-17(13-35)36-28-23(27(30)31-14-32-28)24(34-36)18-8-9-19(26-25(18)41-15-42-26)33-29(38)16-7-10-20(39-2)21(12-16)40-3/h4,7-10,12,14,17H,1,5-6,11,13,15H2,2-3H3,(H,33,38)(H2,30,31,32)/t17-/m1/s1. The number of aromatic nitrogens is 4. The van der Waals surface area contributed by atoms with E-state index in [0.29, 0.717) is 69.6 Å². The minimum atomic E-state index is -0.524. The molecule has 1 amide bonds. The molecule has 3 N–H and O–H groups in total. The first-order valence-corrected chi connectivity index (χ1v) is 13.5. The molecule has 1 saturated heterocycles. The maximum absolute atomic E-state index is 13.2. The Morgan fingerprint density at radius 1 is 1.12 bits per heavy atom. The van der Waals surface area contributed by atoms with Crippen LogP contribution in [0, 0.1) is 0 Å². The van der Waals surface area contributed by atoms with Gasteiger partial charge >= 0.3 is 5.97 Å². The molecule has 0 saturated carbocycles. The Balaban J connectivity index is 1.35. The molecular weight excluding hydrogens is 558 g/mol. The fourth-order valence-corrected chi connectivity index (χ4v) is 5.26. The van der Waals surface area contributed by atoms with Gasteiger partial charge in [0.1, 0.15) is 17.8 Å². The number of carbonyl (C=O) groups excluding carboxylic acids is 2. The van der Waals surface area contributed by atoms with Crippen LogP contribution in [0.5, 0.6) is 23.0 Å². The topological polar surface area (TPSA) is 165 Å². The zero-order valence-corrected chi connectivity index (χ0v) is 23.5. The van der Waals surface area contributed by atoms with Gasteiger partial charge in [-0.25, -0.2) is 19.4 Å². The van der Waals surface area contributed by atoms with Crippen LogP contribution in [0.3, 0.4) is 0 Å². The molecule has 14 nitrogen and oxygen atoms in total. The molecule has 0 bridgehead atoms. The summed E-state index contributed by atoms with van der Waals surface area (Å²) in [6.07, 6.45) is 4.06. The van der Waals surface area contributed by atoms with Crippen molar-refractivity contribution in [1.29, 1.82) is 0 Å². The third-order valence-corrected chi connectivity index (χ3v) is 7.28. The van der Waals surface area contributed by atoms with Crippen LogP contribution in [0.25, 0.3) is 22.3 Å². The Hall–Kier alpha value is -5.37. The van der Waals surface area contributed by atoms with Crippen LogP contribution in [-0.2, 0) is 9.63 Å². The van der Waals surface area contributed by atoms with Crippen molar-refractivity contribution in [2.75, 3.05) is 45.2 Å². The first-order valence-electron chi connectivity index (χ1n) is 13.5. The largest absolute Gasteiger partial charge is 0.493 e. The number of nitrogens with one attached hydrogen (secondary N) is 1. The Labute approximate surface area is 245 Å². The van der Waals surface area contributed by atoms with Gasteiger partial charge in [-0.1, -0.05) is 6.58 Å². The van der Waals surface area contributed by atoms with Gasteiger partial charge in [-0.2, -0.15) is 5.10 Å². The van der Waals surface area contributed by atoms with Crippen LogP contribution in [0.1, 0.15) is 29.2 Å². The van der Waals surface area contributed by atoms with E-state index < -0.39 is 5.97 Å². The predicted octanol–water partition coefficient (Wildman–Crippen LogP) is 3.35. The molecule has 1 atom stereocenters. The summed E-state index contributed by atoms with van der Waals surface area (Å²) >= 11 is 0. The van der Waals surface area contributed by atoms with Gasteiger partial charge in [0, 0.05) is 23.7 Å². The lowest BCUT2D eigenvalue weighted by Gasteiger charge is -2.31. The minimum Gasteiger partial charge on any atom is -0.493 e. The van der Waals surface area contributed by atoms with E-state index in [1.54, 1.807) is 40.1 Å². The molecule has 2 aliphatic rings. The summed E-state index contributed by atoms with van der Waals surface area (Å²) in [5.41, 5.74) is 8.75. The molecule has 2 aliphatic heterocycles. The maximum atomic E-state index is 13.2. The highest BCUT2D eigenvalue weighted by molar-refractivity contribution is 6.07. The van der Waals surface area contributed by atoms with Gasteiger partial charge in [-0.15, -0.1) is 5.06 Å². The lowest BCUT2D eigenvalue weighted by Crippen LogP contribution is -2.38. The second-order valence-electron chi connectivity index (χ2n) is 9.80. The predicted molar refractivity (Wildman–Crippen MR) is 155 cm³/mol. The van der Waals surface area contributed by atoms with Crippen LogP contribution in [0.4, 0.5) is 11.5 Å². The lowest BCUT2D eigenvalue weighted by atomic mass is 10.1. The Morgan fingerprint density at radius 3 is 2.72 bits per heavy atom. The van der Waals surface area contributed by atoms with E-state index in [0.717, 1.165) is 18.9 Å². The van der Waals surface area contributed by atoms with E-state index in [-0.39, 0.29) is 24.6 Å². The highest BCUT2D eigenvalue weighted by atomic mass is 16.7. The second-order valence-corrected chi connectivity index (χ2v) is 9.80. The number of carbonyl (C=O) groups is 2. The summed E-state index contributed by atoms with van der Waals surface area (Å²) in [7, 11) is 3.03. The normalized spacial score (nSPS) is 16.1. The number of nitrogens with zero attached hydrogens (tertiary/aromatic N) is 5. The van der Waals surface area contributed by atoms with Crippen molar-refractivity contribution in [3.8, 4) is 34.3 Å². The van der Waals surface area contributed by atoms with Crippen molar-refractivity contribution in [2.45, 2.75) is 18.9 Å². The molecule has 0 radical (unpaired) electrons. The number of hydroxylamine groups is 2. The monoisotopic (exact) mass is 587 g/mol. The summed E-state index contributed by atoms with van der Waals surface area (Å²) in [5, 5.41) is 9.96. The number of anilines is 2. The molecule has 0 aliphatic carbocycles. The number of nitrogens with two attached hydrogens (primary N) is 1. The fourth-order valence-electron chi connectivity index (χ4n) is 5.26. The van der Waals surface area contributed by atoms with Gasteiger partial charge in [0.05, 0.1) is 37.9 Å². The van der Waals surface area contributed by atoms with Gasteiger partial charge in [-0.3, -0.25) is 4.79 Å². The number of benzene rings is 2. The number of ether oxygens (including phenoxy) is 4. The number of methoxy groups -OCH3 is 2. The van der Waals surface area contributed by atoms with Crippen molar-refractivity contribution in [1.82, 2.24) is 24.8 Å². The highest BCUT2D eigenvalue weighted by Gasteiger charge is 2.31. The molecule has 0 spiro atoms. The van der Waals surface area contributed by atoms with E-state index in [9.17, 15) is 9.59 Å². The molecule has 6 rings (SSSR count).